The molecule has 0 atom stereocenters. The second kappa shape index (κ2) is 6.63. The molecule has 0 bridgehead atoms. The average molecular weight is 376 g/mol. The summed E-state index contributed by atoms with van der Waals surface area (Å²) >= 11 is 0. The maximum Gasteiger partial charge on any atom is 0.270 e. The standard InChI is InChI=1S/C22H24N4O2/c1-24-12-5-8-19(24)21(27)25-13-10-22(11-14-25)20-17(9-15-28-22)16-26(23-20)18-6-3-2-4-7-18/h2-8,12,16H,9-11,13-15H2,1H3. The zero-order valence-corrected chi connectivity index (χ0v) is 16.0. The Hall–Kier alpha value is -2.86. The van der Waals surface area contributed by atoms with Crippen molar-refractivity contribution in [3.63, 3.8) is 0 Å². The number of fused-ring (bicyclic) bond motifs is 2. The number of aromatic nitrogens is 3. The molecule has 0 N–H and O–H groups in total. The van der Waals surface area contributed by atoms with Gasteiger partial charge in [-0.1, -0.05) is 18.2 Å². The Morgan fingerprint density at radius 2 is 1.89 bits per heavy atom. The highest BCUT2D eigenvalue weighted by Gasteiger charge is 2.44. The molecule has 0 saturated carbocycles. The van der Waals surface area contributed by atoms with Crippen LogP contribution in [0.15, 0.2) is 54.9 Å². The Kier molecular flexibility index (Phi) is 4.09. The van der Waals surface area contributed by atoms with E-state index in [-0.39, 0.29) is 11.5 Å². The van der Waals surface area contributed by atoms with Crippen LogP contribution >= 0.6 is 0 Å². The predicted molar refractivity (Wildman–Crippen MR) is 105 cm³/mol. The highest BCUT2D eigenvalue weighted by Crippen LogP contribution is 2.41. The number of likely N-dealkylation sites (tertiary alicyclic amines) is 1. The minimum Gasteiger partial charge on any atom is -0.368 e. The second-order valence-electron chi connectivity index (χ2n) is 7.67. The third-order valence-corrected chi connectivity index (χ3v) is 6.01. The molecule has 6 nitrogen and oxygen atoms in total. The lowest BCUT2D eigenvalue weighted by Crippen LogP contribution is -2.48. The molecule has 3 aromatic rings. The van der Waals surface area contributed by atoms with Crippen molar-refractivity contribution >= 4 is 5.91 Å². The van der Waals surface area contributed by atoms with E-state index in [1.807, 2.05) is 57.7 Å². The highest BCUT2D eigenvalue weighted by molar-refractivity contribution is 5.92. The Morgan fingerprint density at radius 3 is 2.61 bits per heavy atom. The third kappa shape index (κ3) is 2.76. The minimum absolute atomic E-state index is 0.0909. The number of ether oxygens (including phenoxy) is 1. The van der Waals surface area contributed by atoms with Crippen LogP contribution in [0, 0.1) is 0 Å². The van der Waals surface area contributed by atoms with Gasteiger partial charge in [-0.15, -0.1) is 0 Å². The molecular formula is C22H24N4O2. The second-order valence-corrected chi connectivity index (χ2v) is 7.67. The summed E-state index contributed by atoms with van der Waals surface area (Å²) in [5.41, 5.74) is 3.72. The van der Waals surface area contributed by atoms with Gasteiger partial charge in [-0.2, -0.15) is 5.10 Å². The highest BCUT2D eigenvalue weighted by atomic mass is 16.5. The SMILES string of the molecule is Cn1cccc1C(=O)N1CCC2(CC1)OCCc1cn(-c3ccccc3)nc12. The van der Waals surface area contributed by atoms with Crippen LogP contribution in [-0.2, 0) is 23.8 Å². The minimum atomic E-state index is -0.376. The van der Waals surface area contributed by atoms with Gasteiger partial charge in [-0.05, 0) is 49.1 Å². The Morgan fingerprint density at radius 1 is 1.11 bits per heavy atom. The van der Waals surface area contributed by atoms with Crippen LogP contribution in [0.4, 0.5) is 0 Å². The summed E-state index contributed by atoms with van der Waals surface area (Å²) in [5, 5.41) is 4.92. The van der Waals surface area contributed by atoms with Gasteiger partial charge in [-0.25, -0.2) is 4.68 Å². The summed E-state index contributed by atoms with van der Waals surface area (Å²) in [6, 6.07) is 14.0. The van der Waals surface area contributed by atoms with Crippen LogP contribution in [0.2, 0.25) is 0 Å². The zero-order chi connectivity index (χ0) is 19.1. The molecule has 4 heterocycles. The van der Waals surface area contributed by atoms with E-state index in [1.54, 1.807) is 0 Å². The van der Waals surface area contributed by atoms with Gasteiger partial charge in [0.1, 0.15) is 11.3 Å². The van der Waals surface area contributed by atoms with Crippen LogP contribution in [0.25, 0.3) is 5.69 Å². The van der Waals surface area contributed by atoms with E-state index in [1.165, 1.54) is 5.56 Å². The summed E-state index contributed by atoms with van der Waals surface area (Å²) in [5.74, 6) is 0.0909. The largest absolute Gasteiger partial charge is 0.368 e. The lowest BCUT2D eigenvalue weighted by molar-refractivity contribution is -0.0964. The first-order valence-corrected chi connectivity index (χ1v) is 9.85. The molecule has 2 aliphatic rings. The average Bonchev–Trinajstić information content (AvgIpc) is 3.36. The molecule has 5 rings (SSSR count). The molecule has 0 aliphatic carbocycles. The van der Waals surface area contributed by atoms with Gasteiger partial charge >= 0.3 is 0 Å². The van der Waals surface area contributed by atoms with Crippen molar-refractivity contribution in [1.29, 1.82) is 0 Å². The first kappa shape index (κ1) is 17.3. The summed E-state index contributed by atoms with van der Waals surface area (Å²) < 4.78 is 10.1. The number of hydrogen-bond donors (Lipinski definition) is 0. The Balaban J connectivity index is 1.39. The van der Waals surface area contributed by atoms with E-state index in [0.29, 0.717) is 19.7 Å². The molecule has 1 saturated heterocycles. The third-order valence-electron chi connectivity index (χ3n) is 6.01. The molecule has 1 fully saturated rings. The molecule has 0 radical (unpaired) electrons. The maximum absolute atomic E-state index is 12.8. The number of para-hydroxylation sites is 1. The monoisotopic (exact) mass is 376 g/mol. The van der Waals surface area contributed by atoms with Gasteiger partial charge in [0.25, 0.3) is 5.91 Å². The van der Waals surface area contributed by atoms with Crippen molar-refractivity contribution < 1.29 is 9.53 Å². The first-order chi connectivity index (χ1) is 13.7. The molecule has 1 amide bonds. The predicted octanol–water partition coefficient (Wildman–Crippen LogP) is 2.92. The molecule has 0 unspecified atom stereocenters. The fourth-order valence-corrected chi connectivity index (χ4v) is 4.41. The number of benzene rings is 1. The molecule has 28 heavy (non-hydrogen) atoms. The lowest BCUT2D eigenvalue weighted by atomic mass is 9.83. The maximum atomic E-state index is 12.8. The van der Waals surface area contributed by atoms with Gasteiger partial charge in [0.2, 0.25) is 0 Å². The van der Waals surface area contributed by atoms with Gasteiger partial charge in [0.15, 0.2) is 0 Å². The van der Waals surface area contributed by atoms with Crippen molar-refractivity contribution in [1.82, 2.24) is 19.2 Å². The lowest BCUT2D eigenvalue weighted by Gasteiger charge is -2.43. The number of rotatable bonds is 2. The van der Waals surface area contributed by atoms with Crippen LogP contribution < -0.4 is 0 Å². The number of aryl methyl sites for hydroxylation is 1. The van der Waals surface area contributed by atoms with Crippen LogP contribution in [0.5, 0.6) is 0 Å². The number of carbonyl (C=O) groups excluding carboxylic acids is 1. The van der Waals surface area contributed by atoms with Crippen molar-refractivity contribution in [2.45, 2.75) is 24.9 Å². The summed E-state index contributed by atoms with van der Waals surface area (Å²) in [6.45, 7) is 2.07. The van der Waals surface area contributed by atoms with Crippen LogP contribution in [0.3, 0.4) is 0 Å². The normalized spacial score (nSPS) is 18.2. The molecule has 2 aromatic heterocycles. The number of carbonyl (C=O) groups is 1. The van der Waals surface area contributed by atoms with Crippen molar-refractivity contribution in [3.05, 3.63) is 71.8 Å². The van der Waals surface area contributed by atoms with Gasteiger partial charge in [-0.3, -0.25) is 4.79 Å². The summed E-state index contributed by atoms with van der Waals surface area (Å²) in [6.07, 6.45) is 6.49. The molecular weight excluding hydrogens is 352 g/mol. The van der Waals surface area contributed by atoms with E-state index < -0.39 is 0 Å². The fraction of sp³-hybridized carbons (Fsp3) is 0.364. The molecule has 2 aliphatic heterocycles. The van der Waals surface area contributed by atoms with Crippen molar-refractivity contribution in [2.24, 2.45) is 7.05 Å². The topological polar surface area (TPSA) is 52.3 Å². The smallest absolute Gasteiger partial charge is 0.270 e. The summed E-state index contributed by atoms with van der Waals surface area (Å²) in [7, 11) is 1.91. The van der Waals surface area contributed by atoms with E-state index >= 15 is 0 Å². The number of hydrogen-bond acceptors (Lipinski definition) is 3. The molecule has 144 valence electrons. The van der Waals surface area contributed by atoms with E-state index in [2.05, 4.69) is 18.3 Å². The van der Waals surface area contributed by atoms with Crippen LogP contribution in [-0.4, -0.2) is 44.9 Å². The quantitative estimate of drug-likeness (QED) is 0.691. The molecule has 1 aromatic carbocycles. The van der Waals surface area contributed by atoms with Gasteiger partial charge < -0.3 is 14.2 Å². The fourth-order valence-electron chi connectivity index (χ4n) is 4.41. The van der Waals surface area contributed by atoms with Crippen molar-refractivity contribution in [3.8, 4) is 5.69 Å². The number of nitrogens with zero attached hydrogens (tertiary/aromatic N) is 4. The number of amides is 1. The summed E-state index contributed by atoms with van der Waals surface area (Å²) in [4.78, 5) is 14.8. The van der Waals surface area contributed by atoms with E-state index in [9.17, 15) is 4.79 Å². The van der Waals surface area contributed by atoms with Crippen molar-refractivity contribution in [2.75, 3.05) is 19.7 Å². The van der Waals surface area contributed by atoms with Crippen LogP contribution in [0.1, 0.15) is 34.6 Å². The van der Waals surface area contributed by atoms with E-state index in [4.69, 9.17) is 9.84 Å². The Bertz CT molecular complexity index is 997. The Labute approximate surface area is 164 Å². The molecule has 1 spiro atoms. The molecule has 6 heteroatoms. The first-order valence-electron chi connectivity index (χ1n) is 9.85. The van der Waals surface area contributed by atoms with Gasteiger partial charge in [0.05, 0.1) is 18.0 Å². The van der Waals surface area contributed by atoms with E-state index in [0.717, 1.165) is 36.3 Å². The number of piperidine rings is 1. The zero-order valence-electron chi connectivity index (χ0n) is 16.0. The van der Waals surface area contributed by atoms with Gasteiger partial charge in [0, 0.05) is 32.5 Å².